The minimum Gasteiger partial charge on any atom is -0.507 e. The van der Waals surface area contributed by atoms with Gasteiger partial charge in [0.2, 0.25) is 0 Å². The van der Waals surface area contributed by atoms with Crippen molar-refractivity contribution in [2.75, 3.05) is 0 Å². The van der Waals surface area contributed by atoms with Crippen molar-refractivity contribution in [1.29, 1.82) is 0 Å². The van der Waals surface area contributed by atoms with Gasteiger partial charge in [-0.2, -0.15) is 0 Å². The molecule has 0 bridgehead atoms. The zero-order valence-electron chi connectivity index (χ0n) is 4.63. The zero-order chi connectivity index (χ0) is 5.98. The summed E-state index contributed by atoms with van der Waals surface area (Å²) in [6.45, 7) is 0. The monoisotopic (exact) mass is 107 g/mol. The van der Waals surface area contributed by atoms with Gasteiger partial charge < -0.3 is 5.11 Å². The van der Waals surface area contributed by atoms with E-state index in [-0.39, 0.29) is 5.75 Å². The highest BCUT2D eigenvalue weighted by Crippen LogP contribution is 1.96. The lowest BCUT2D eigenvalue weighted by molar-refractivity contribution is 0.478. The number of hydrogen-bond donors (Lipinski definition) is 1. The number of aromatic nitrogens is 1. The molecule has 40 valence electrons. The van der Waals surface area contributed by atoms with Crippen LogP contribution in [-0.4, -0.2) is 17.9 Å². The molecule has 1 aromatic rings. The fraction of sp³-hybridized carbons (Fsp3) is 0. The zero-order valence-corrected chi connectivity index (χ0v) is 4.63. The van der Waals surface area contributed by atoms with Crippen molar-refractivity contribution in [1.82, 2.24) is 4.98 Å². The van der Waals surface area contributed by atoms with Gasteiger partial charge in [-0.15, -0.1) is 0 Å². The van der Waals surface area contributed by atoms with Crippen molar-refractivity contribution < 1.29 is 5.11 Å². The topological polar surface area (TPSA) is 33.1 Å². The summed E-state index contributed by atoms with van der Waals surface area (Å²) in [5.74, 6) is 0.257. The molecule has 1 aromatic heterocycles. The van der Waals surface area contributed by atoms with Crippen molar-refractivity contribution >= 4 is 13.4 Å². The lowest BCUT2D eigenvalue weighted by atomic mass is 10.0. The van der Waals surface area contributed by atoms with Crippen molar-refractivity contribution in [3.8, 4) is 5.75 Å². The van der Waals surface area contributed by atoms with E-state index < -0.39 is 0 Å². The normalized spacial score (nSPS) is 9.00. The Morgan fingerprint density at radius 2 is 2.38 bits per heavy atom. The van der Waals surface area contributed by atoms with E-state index in [2.05, 4.69) is 4.98 Å². The molecule has 1 N–H and O–H groups in total. The molecule has 1 rings (SSSR count). The molecule has 0 aliphatic rings. The first kappa shape index (κ1) is 5.16. The van der Waals surface area contributed by atoms with Gasteiger partial charge in [-0.3, -0.25) is 4.98 Å². The van der Waals surface area contributed by atoms with E-state index in [9.17, 15) is 0 Å². The van der Waals surface area contributed by atoms with Gasteiger partial charge in [0.25, 0.3) is 0 Å². The van der Waals surface area contributed by atoms with Crippen LogP contribution in [0.1, 0.15) is 0 Å². The van der Waals surface area contributed by atoms with E-state index >= 15 is 0 Å². The standard InChI is InChI=1S/C5H6BNO/c6-5-4(8)2-1-3-7-5/h1-3,8H,6H2. The maximum absolute atomic E-state index is 8.86. The summed E-state index contributed by atoms with van der Waals surface area (Å²) in [5, 5.41) is 8.86. The molecule has 0 fully saturated rings. The van der Waals surface area contributed by atoms with Crippen LogP contribution in [0.5, 0.6) is 5.75 Å². The van der Waals surface area contributed by atoms with Crippen LogP contribution in [0.3, 0.4) is 0 Å². The molecule has 0 spiro atoms. The number of pyridine rings is 1. The average molecular weight is 107 g/mol. The van der Waals surface area contributed by atoms with Gasteiger partial charge in [0, 0.05) is 11.8 Å². The summed E-state index contributed by atoms with van der Waals surface area (Å²) in [6, 6.07) is 3.31. The van der Waals surface area contributed by atoms with Crippen LogP contribution in [0.2, 0.25) is 0 Å². The molecular weight excluding hydrogens is 101 g/mol. The highest BCUT2D eigenvalue weighted by atomic mass is 16.3. The first-order chi connectivity index (χ1) is 3.80. The predicted molar refractivity (Wildman–Crippen MR) is 34.1 cm³/mol. The van der Waals surface area contributed by atoms with Gasteiger partial charge in [-0.25, -0.2) is 0 Å². The molecule has 0 unspecified atom stereocenters. The molecule has 2 nitrogen and oxygen atoms in total. The highest BCUT2D eigenvalue weighted by Gasteiger charge is 1.88. The summed E-state index contributed by atoms with van der Waals surface area (Å²) >= 11 is 0. The van der Waals surface area contributed by atoms with E-state index in [1.165, 1.54) is 0 Å². The molecule has 0 amide bonds. The molecule has 0 saturated carbocycles. The minimum absolute atomic E-state index is 0.257. The largest absolute Gasteiger partial charge is 0.507 e. The first-order valence-corrected chi connectivity index (χ1v) is 2.41. The van der Waals surface area contributed by atoms with Crippen LogP contribution >= 0.6 is 0 Å². The van der Waals surface area contributed by atoms with Gasteiger partial charge in [0.05, 0.1) is 0 Å². The Balaban J connectivity index is 3.13. The smallest absolute Gasteiger partial charge is 0.168 e. The quantitative estimate of drug-likeness (QED) is 0.433. The summed E-state index contributed by atoms with van der Waals surface area (Å²) in [4.78, 5) is 3.83. The Hall–Kier alpha value is -0.985. The number of aromatic hydroxyl groups is 1. The number of rotatable bonds is 0. The Bertz CT molecular complexity index is 169. The van der Waals surface area contributed by atoms with Gasteiger partial charge >= 0.3 is 0 Å². The van der Waals surface area contributed by atoms with Crippen LogP contribution in [0, 0.1) is 0 Å². The third-order valence-corrected chi connectivity index (χ3v) is 0.979. The molecule has 0 saturated heterocycles. The average Bonchev–Trinajstić information content (AvgIpc) is 1.77. The van der Waals surface area contributed by atoms with Crippen molar-refractivity contribution in [3.63, 3.8) is 0 Å². The number of hydrogen-bond acceptors (Lipinski definition) is 2. The van der Waals surface area contributed by atoms with Crippen LogP contribution in [-0.2, 0) is 0 Å². The summed E-state index contributed by atoms with van der Waals surface area (Å²) in [7, 11) is 1.76. The van der Waals surface area contributed by atoms with E-state index in [4.69, 9.17) is 5.11 Å². The predicted octanol–water partition coefficient (Wildman–Crippen LogP) is -0.954. The Morgan fingerprint density at radius 1 is 1.62 bits per heavy atom. The SMILES string of the molecule is Bc1ncccc1O. The minimum atomic E-state index is 0.257. The molecule has 0 aliphatic carbocycles. The Kier molecular flexibility index (Phi) is 1.20. The second kappa shape index (κ2) is 1.86. The molecular formula is C5H6BNO. The van der Waals surface area contributed by atoms with Gasteiger partial charge in [0.15, 0.2) is 7.85 Å². The lowest BCUT2D eigenvalue weighted by Gasteiger charge is -1.91. The van der Waals surface area contributed by atoms with Gasteiger partial charge in [0.1, 0.15) is 5.75 Å². The van der Waals surface area contributed by atoms with E-state index in [1.54, 1.807) is 26.2 Å². The van der Waals surface area contributed by atoms with Crippen molar-refractivity contribution in [2.45, 2.75) is 0 Å². The molecule has 8 heavy (non-hydrogen) atoms. The maximum atomic E-state index is 8.86. The van der Waals surface area contributed by atoms with Crippen LogP contribution in [0.4, 0.5) is 0 Å². The fourth-order valence-corrected chi connectivity index (χ4v) is 0.476. The van der Waals surface area contributed by atoms with Crippen LogP contribution < -0.4 is 5.59 Å². The summed E-state index contributed by atoms with van der Waals surface area (Å²) < 4.78 is 0. The summed E-state index contributed by atoms with van der Waals surface area (Å²) in [5.41, 5.74) is 0.674. The maximum Gasteiger partial charge on any atom is 0.168 e. The Labute approximate surface area is 48.6 Å². The van der Waals surface area contributed by atoms with Crippen molar-refractivity contribution in [3.05, 3.63) is 18.3 Å². The third-order valence-electron chi connectivity index (χ3n) is 0.979. The fourth-order valence-electron chi connectivity index (χ4n) is 0.476. The third kappa shape index (κ3) is 0.806. The second-order valence-electron chi connectivity index (χ2n) is 1.61. The Morgan fingerprint density at radius 3 is 2.75 bits per heavy atom. The second-order valence-corrected chi connectivity index (χ2v) is 1.61. The van der Waals surface area contributed by atoms with Gasteiger partial charge in [-0.05, 0) is 12.1 Å². The molecule has 0 radical (unpaired) electrons. The van der Waals surface area contributed by atoms with E-state index in [0.717, 1.165) is 0 Å². The lowest BCUT2D eigenvalue weighted by Crippen LogP contribution is -2.06. The van der Waals surface area contributed by atoms with Gasteiger partial charge in [-0.1, -0.05) is 0 Å². The molecule has 0 atom stereocenters. The first-order valence-electron chi connectivity index (χ1n) is 2.41. The van der Waals surface area contributed by atoms with E-state index in [1.807, 2.05) is 0 Å². The summed E-state index contributed by atoms with van der Waals surface area (Å²) in [6.07, 6.45) is 1.65. The highest BCUT2D eigenvalue weighted by molar-refractivity contribution is 6.32. The van der Waals surface area contributed by atoms with Crippen LogP contribution in [0.15, 0.2) is 18.3 Å². The number of nitrogens with zero attached hydrogens (tertiary/aromatic N) is 1. The van der Waals surface area contributed by atoms with Crippen LogP contribution in [0.25, 0.3) is 0 Å². The molecule has 3 heteroatoms. The van der Waals surface area contributed by atoms with E-state index in [0.29, 0.717) is 5.59 Å². The molecule has 0 aliphatic heterocycles. The van der Waals surface area contributed by atoms with Crippen molar-refractivity contribution in [2.24, 2.45) is 0 Å². The molecule has 1 heterocycles. The molecule has 0 aromatic carbocycles.